The van der Waals surface area contributed by atoms with Gasteiger partial charge in [-0.05, 0) is 36.8 Å². The van der Waals surface area contributed by atoms with E-state index >= 15 is 0 Å². The van der Waals surface area contributed by atoms with E-state index in [1.54, 1.807) is 11.3 Å². The van der Waals surface area contributed by atoms with Crippen LogP contribution < -0.4 is 5.32 Å². The Balaban J connectivity index is 1.51. The number of carbonyl (C=O) groups is 1. The van der Waals surface area contributed by atoms with E-state index in [4.69, 9.17) is 4.74 Å². The summed E-state index contributed by atoms with van der Waals surface area (Å²) in [6.07, 6.45) is 4.20. The quantitative estimate of drug-likeness (QED) is 0.798. The number of amides is 1. The topological polar surface area (TPSA) is 41.6 Å². The molecule has 1 amide bonds. The van der Waals surface area contributed by atoms with E-state index in [0.29, 0.717) is 6.54 Å². The van der Waals surface area contributed by atoms with Crippen LogP contribution in [0.15, 0.2) is 41.8 Å². The fourth-order valence-electron chi connectivity index (χ4n) is 4.61. The van der Waals surface area contributed by atoms with E-state index < -0.39 is 0 Å². The summed E-state index contributed by atoms with van der Waals surface area (Å²) in [5, 5.41) is 5.44. The van der Waals surface area contributed by atoms with Crippen LogP contribution in [0.3, 0.4) is 0 Å². The van der Waals surface area contributed by atoms with Crippen LogP contribution in [-0.4, -0.2) is 43.7 Å². The summed E-state index contributed by atoms with van der Waals surface area (Å²) in [5.74, 6) is 0.206. The van der Waals surface area contributed by atoms with Crippen molar-refractivity contribution in [3.8, 4) is 0 Å². The van der Waals surface area contributed by atoms with Crippen molar-refractivity contribution < 1.29 is 9.53 Å². The highest BCUT2D eigenvalue weighted by molar-refractivity contribution is 7.10. The number of carbonyl (C=O) groups excluding carboxylic acids is 1. The lowest BCUT2D eigenvalue weighted by Crippen LogP contribution is -2.47. The van der Waals surface area contributed by atoms with Crippen molar-refractivity contribution in [2.75, 3.05) is 32.8 Å². The molecule has 1 saturated heterocycles. The molecule has 150 valence electrons. The third kappa shape index (κ3) is 4.02. The Kier molecular flexibility index (Phi) is 6.14. The Labute approximate surface area is 171 Å². The minimum absolute atomic E-state index is 0.190. The van der Waals surface area contributed by atoms with Crippen molar-refractivity contribution in [2.24, 2.45) is 0 Å². The van der Waals surface area contributed by atoms with Gasteiger partial charge in [-0.2, -0.15) is 0 Å². The Bertz CT molecular complexity index is 760. The fourth-order valence-corrected chi connectivity index (χ4v) is 5.59. The van der Waals surface area contributed by atoms with Gasteiger partial charge >= 0.3 is 0 Å². The maximum atomic E-state index is 13.4. The van der Waals surface area contributed by atoms with Crippen LogP contribution in [-0.2, 0) is 14.9 Å². The molecule has 28 heavy (non-hydrogen) atoms. The predicted molar refractivity (Wildman–Crippen MR) is 114 cm³/mol. The molecular weight excluding hydrogens is 368 g/mol. The van der Waals surface area contributed by atoms with Gasteiger partial charge in [0.1, 0.15) is 0 Å². The SMILES string of the molecule is Cc1ccc(C(CNC(=O)C2(c3cccs3)CCCC2)N2CCOCC2)cc1. The molecule has 1 saturated carbocycles. The summed E-state index contributed by atoms with van der Waals surface area (Å²) in [5.41, 5.74) is 2.21. The number of morpholine rings is 1. The first-order chi connectivity index (χ1) is 13.7. The summed E-state index contributed by atoms with van der Waals surface area (Å²) in [4.78, 5) is 17.1. The first-order valence-electron chi connectivity index (χ1n) is 10.4. The molecule has 0 radical (unpaired) electrons. The number of hydrogen-bond acceptors (Lipinski definition) is 4. The van der Waals surface area contributed by atoms with Gasteiger partial charge < -0.3 is 10.1 Å². The summed E-state index contributed by atoms with van der Waals surface area (Å²) in [6.45, 7) is 6.09. The van der Waals surface area contributed by atoms with Crippen molar-refractivity contribution >= 4 is 17.2 Å². The molecular formula is C23H30N2O2S. The van der Waals surface area contributed by atoms with Gasteiger partial charge in [0.2, 0.25) is 5.91 Å². The van der Waals surface area contributed by atoms with E-state index in [-0.39, 0.29) is 17.4 Å². The Morgan fingerprint density at radius 3 is 2.54 bits per heavy atom. The molecule has 1 aliphatic carbocycles. The molecule has 4 nitrogen and oxygen atoms in total. The van der Waals surface area contributed by atoms with Crippen LogP contribution in [0.2, 0.25) is 0 Å². The lowest BCUT2D eigenvalue weighted by atomic mass is 9.83. The van der Waals surface area contributed by atoms with Gasteiger partial charge in [0.25, 0.3) is 0 Å². The molecule has 0 spiro atoms. The number of nitrogens with one attached hydrogen (secondary N) is 1. The average molecular weight is 399 g/mol. The maximum absolute atomic E-state index is 13.4. The largest absolute Gasteiger partial charge is 0.379 e. The highest BCUT2D eigenvalue weighted by Gasteiger charge is 2.43. The lowest BCUT2D eigenvalue weighted by molar-refractivity contribution is -0.126. The fraction of sp³-hybridized carbons (Fsp3) is 0.522. The number of hydrogen-bond donors (Lipinski definition) is 1. The van der Waals surface area contributed by atoms with Crippen LogP contribution in [0.25, 0.3) is 0 Å². The standard InChI is InChI=1S/C23H30N2O2S/c1-18-6-8-19(9-7-18)20(25-12-14-27-15-13-25)17-24-22(26)23(10-2-3-11-23)21-5-4-16-28-21/h4-9,16,20H,2-3,10-15,17H2,1H3,(H,24,26). The molecule has 2 aliphatic rings. The van der Waals surface area contributed by atoms with Gasteiger partial charge in [-0.15, -0.1) is 11.3 Å². The van der Waals surface area contributed by atoms with Crippen molar-refractivity contribution in [3.63, 3.8) is 0 Å². The Hall–Kier alpha value is -1.69. The zero-order valence-corrected chi connectivity index (χ0v) is 17.5. The summed E-state index contributed by atoms with van der Waals surface area (Å²) >= 11 is 1.72. The van der Waals surface area contributed by atoms with Gasteiger partial charge in [-0.1, -0.05) is 48.7 Å². The molecule has 1 aliphatic heterocycles. The van der Waals surface area contributed by atoms with Gasteiger partial charge in [0.05, 0.1) is 24.7 Å². The summed E-state index contributed by atoms with van der Waals surface area (Å²) in [6, 6.07) is 13.1. The highest BCUT2D eigenvalue weighted by atomic mass is 32.1. The number of ether oxygens (including phenoxy) is 1. The van der Waals surface area contributed by atoms with E-state index in [0.717, 1.165) is 52.0 Å². The van der Waals surface area contributed by atoms with Gasteiger partial charge in [-0.25, -0.2) is 0 Å². The molecule has 1 unspecified atom stereocenters. The molecule has 1 aromatic carbocycles. The Morgan fingerprint density at radius 1 is 1.18 bits per heavy atom. The minimum Gasteiger partial charge on any atom is -0.379 e. The molecule has 5 heteroatoms. The molecule has 2 fully saturated rings. The van der Waals surface area contributed by atoms with Crippen LogP contribution >= 0.6 is 11.3 Å². The van der Waals surface area contributed by atoms with E-state index in [2.05, 4.69) is 58.9 Å². The zero-order chi connectivity index (χ0) is 19.4. The van der Waals surface area contributed by atoms with Crippen LogP contribution in [0.4, 0.5) is 0 Å². The van der Waals surface area contributed by atoms with Crippen molar-refractivity contribution in [1.82, 2.24) is 10.2 Å². The third-order valence-corrected chi connectivity index (χ3v) is 7.36. The molecule has 1 N–H and O–H groups in total. The zero-order valence-electron chi connectivity index (χ0n) is 16.7. The second-order valence-electron chi connectivity index (χ2n) is 8.05. The lowest BCUT2D eigenvalue weighted by Gasteiger charge is -2.36. The number of aryl methyl sites for hydroxylation is 1. The minimum atomic E-state index is -0.322. The highest BCUT2D eigenvalue weighted by Crippen LogP contribution is 2.43. The molecule has 2 heterocycles. The van der Waals surface area contributed by atoms with Crippen LogP contribution in [0.5, 0.6) is 0 Å². The number of benzene rings is 1. The van der Waals surface area contributed by atoms with Crippen molar-refractivity contribution in [2.45, 2.75) is 44.1 Å². The van der Waals surface area contributed by atoms with E-state index in [1.165, 1.54) is 16.0 Å². The number of nitrogens with zero attached hydrogens (tertiary/aromatic N) is 1. The molecule has 2 aromatic rings. The normalized spacial score (nSPS) is 20.8. The molecule has 1 aromatic heterocycles. The first-order valence-corrected chi connectivity index (χ1v) is 11.3. The summed E-state index contributed by atoms with van der Waals surface area (Å²) < 4.78 is 5.55. The van der Waals surface area contributed by atoms with E-state index in [9.17, 15) is 4.79 Å². The molecule has 0 bridgehead atoms. The van der Waals surface area contributed by atoms with Gasteiger partial charge in [0.15, 0.2) is 0 Å². The molecule has 4 rings (SSSR count). The smallest absolute Gasteiger partial charge is 0.231 e. The monoisotopic (exact) mass is 398 g/mol. The van der Waals surface area contributed by atoms with Crippen LogP contribution in [0.1, 0.15) is 47.7 Å². The summed E-state index contributed by atoms with van der Waals surface area (Å²) in [7, 11) is 0. The number of thiophene rings is 1. The van der Waals surface area contributed by atoms with Crippen molar-refractivity contribution in [1.29, 1.82) is 0 Å². The van der Waals surface area contributed by atoms with Gasteiger partial charge in [-0.3, -0.25) is 9.69 Å². The Morgan fingerprint density at radius 2 is 1.89 bits per heavy atom. The van der Waals surface area contributed by atoms with E-state index in [1.807, 2.05) is 0 Å². The number of rotatable bonds is 6. The molecule has 1 atom stereocenters. The van der Waals surface area contributed by atoms with Gasteiger partial charge in [0, 0.05) is 24.5 Å². The third-order valence-electron chi connectivity index (χ3n) is 6.29. The average Bonchev–Trinajstić information content (AvgIpc) is 3.43. The predicted octanol–water partition coefficient (Wildman–Crippen LogP) is 4.06. The first kappa shape index (κ1) is 19.6. The van der Waals surface area contributed by atoms with Crippen molar-refractivity contribution in [3.05, 3.63) is 57.8 Å². The second kappa shape index (κ2) is 8.76. The maximum Gasteiger partial charge on any atom is 0.231 e. The second-order valence-corrected chi connectivity index (χ2v) is 9.00. The van der Waals surface area contributed by atoms with Crippen LogP contribution in [0, 0.1) is 6.92 Å².